The molecule has 7 nitrogen and oxygen atoms in total. The van der Waals surface area contributed by atoms with E-state index < -0.39 is 11.9 Å². The largest absolute Gasteiger partial charge is 0.448 e. The molecule has 1 heterocycles. The molecular weight excluding hydrogens is 277 g/mol. The van der Waals surface area contributed by atoms with Gasteiger partial charge in [-0.3, -0.25) is 0 Å². The highest BCUT2D eigenvalue weighted by Gasteiger charge is 2.14. The molecule has 0 bridgehead atoms. The van der Waals surface area contributed by atoms with Gasteiger partial charge in [-0.2, -0.15) is 5.26 Å². The number of carbonyl (C=O) groups is 1. The average Bonchev–Trinajstić information content (AvgIpc) is 2.42. The summed E-state index contributed by atoms with van der Waals surface area (Å²) in [4.78, 5) is 18.3. The highest BCUT2D eigenvalue weighted by Crippen LogP contribution is 2.17. The minimum absolute atomic E-state index is 0.0622. The molecule has 0 unspecified atom stereocenters. The van der Waals surface area contributed by atoms with Gasteiger partial charge >= 0.3 is 6.09 Å². The van der Waals surface area contributed by atoms with Gasteiger partial charge in [-0.05, 0) is 20.2 Å². The van der Waals surface area contributed by atoms with Gasteiger partial charge in [0.2, 0.25) is 0 Å². The van der Waals surface area contributed by atoms with Crippen LogP contribution in [0, 0.1) is 17.1 Å². The number of nitrogens with two attached hydrogens (primary N) is 1. The van der Waals surface area contributed by atoms with Gasteiger partial charge in [0, 0.05) is 13.1 Å². The Labute approximate surface area is 122 Å². The standard InChI is InChI=1S/C13H18FN5O2/c1-18(2)3-4-19(5-6-21-13(16)20)12-10(8-15)7-11(14)9-17-12/h7,9H,3-6H2,1-2H3,(H2,16,20). The fraction of sp³-hybridized carbons (Fsp3) is 0.462. The number of nitriles is 1. The molecule has 1 aromatic heterocycles. The smallest absolute Gasteiger partial charge is 0.404 e. The van der Waals surface area contributed by atoms with Crippen LogP contribution < -0.4 is 10.6 Å². The Kier molecular flexibility index (Phi) is 6.36. The molecule has 2 N–H and O–H groups in total. The number of aromatic nitrogens is 1. The number of pyridine rings is 1. The Morgan fingerprint density at radius 1 is 1.48 bits per heavy atom. The lowest BCUT2D eigenvalue weighted by Gasteiger charge is -2.25. The minimum atomic E-state index is -0.866. The quantitative estimate of drug-likeness (QED) is 0.789. The van der Waals surface area contributed by atoms with Crippen molar-refractivity contribution in [2.75, 3.05) is 45.2 Å². The number of ether oxygens (including phenoxy) is 1. The maximum atomic E-state index is 13.1. The molecule has 114 valence electrons. The van der Waals surface area contributed by atoms with Crippen LogP contribution in [0.2, 0.25) is 0 Å². The third-order valence-corrected chi connectivity index (χ3v) is 2.68. The maximum Gasteiger partial charge on any atom is 0.404 e. The molecular formula is C13H18FN5O2. The molecule has 1 aromatic rings. The summed E-state index contributed by atoms with van der Waals surface area (Å²) >= 11 is 0. The van der Waals surface area contributed by atoms with E-state index in [1.165, 1.54) is 0 Å². The van der Waals surface area contributed by atoms with Crippen LogP contribution in [0.15, 0.2) is 12.3 Å². The first-order valence-corrected chi connectivity index (χ1v) is 6.31. The lowest BCUT2D eigenvalue weighted by molar-refractivity contribution is 0.159. The summed E-state index contributed by atoms with van der Waals surface area (Å²) in [5, 5.41) is 9.08. The summed E-state index contributed by atoms with van der Waals surface area (Å²) in [5.41, 5.74) is 5.04. The minimum Gasteiger partial charge on any atom is -0.448 e. The van der Waals surface area contributed by atoms with Gasteiger partial charge in [0.15, 0.2) is 0 Å². The highest BCUT2D eigenvalue weighted by atomic mass is 19.1. The normalized spacial score (nSPS) is 10.2. The van der Waals surface area contributed by atoms with Crippen LogP contribution >= 0.6 is 0 Å². The molecule has 0 saturated carbocycles. The molecule has 0 aromatic carbocycles. The monoisotopic (exact) mass is 295 g/mol. The van der Waals surface area contributed by atoms with Crippen molar-refractivity contribution in [2.45, 2.75) is 0 Å². The number of hydrogen-bond acceptors (Lipinski definition) is 6. The third-order valence-electron chi connectivity index (χ3n) is 2.68. The summed E-state index contributed by atoms with van der Waals surface area (Å²) in [5.74, 6) is -0.218. The van der Waals surface area contributed by atoms with Gasteiger partial charge in [0.1, 0.15) is 24.3 Å². The van der Waals surface area contributed by atoms with Crippen LogP contribution in [0.25, 0.3) is 0 Å². The van der Waals surface area contributed by atoms with Crippen molar-refractivity contribution in [1.29, 1.82) is 5.26 Å². The van der Waals surface area contributed by atoms with E-state index in [1.807, 2.05) is 25.1 Å². The van der Waals surface area contributed by atoms with Crippen molar-refractivity contribution >= 4 is 11.9 Å². The van der Waals surface area contributed by atoms with Crippen molar-refractivity contribution < 1.29 is 13.9 Å². The number of hydrogen-bond donors (Lipinski definition) is 1. The number of amides is 1. The number of anilines is 1. The van der Waals surface area contributed by atoms with Crippen molar-refractivity contribution in [3.05, 3.63) is 23.6 Å². The zero-order valence-corrected chi connectivity index (χ0v) is 12.0. The summed E-state index contributed by atoms with van der Waals surface area (Å²) in [7, 11) is 3.81. The van der Waals surface area contributed by atoms with E-state index in [0.717, 1.165) is 12.3 Å². The molecule has 0 atom stereocenters. The Balaban J connectivity index is 2.88. The average molecular weight is 295 g/mol. The van der Waals surface area contributed by atoms with Gasteiger partial charge in [0.05, 0.1) is 18.3 Å². The topological polar surface area (TPSA) is 95.5 Å². The number of carbonyl (C=O) groups excluding carboxylic acids is 1. The van der Waals surface area contributed by atoms with Crippen LogP contribution in [0.1, 0.15) is 5.56 Å². The molecule has 0 fully saturated rings. The fourth-order valence-corrected chi connectivity index (χ4v) is 1.67. The molecule has 0 spiro atoms. The van der Waals surface area contributed by atoms with Gasteiger partial charge in [-0.15, -0.1) is 0 Å². The molecule has 0 aliphatic heterocycles. The van der Waals surface area contributed by atoms with E-state index in [9.17, 15) is 9.18 Å². The molecule has 0 saturated heterocycles. The molecule has 8 heteroatoms. The first kappa shape index (κ1) is 16.7. The lowest BCUT2D eigenvalue weighted by atomic mass is 10.2. The van der Waals surface area contributed by atoms with E-state index >= 15 is 0 Å². The van der Waals surface area contributed by atoms with Crippen LogP contribution in [-0.2, 0) is 4.74 Å². The van der Waals surface area contributed by atoms with Crippen molar-refractivity contribution in [2.24, 2.45) is 5.73 Å². The van der Waals surface area contributed by atoms with Crippen molar-refractivity contribution in [3.8, 4) is 6.07 Å². The summed E-state index contributed by atoms with van der Waals surface area (Å²) in [6, 6.07) is 3.04. The van der Waals surface area contributed by atoms with Gasteiger partial charge in [-0.25, -0.2) is 14.2 Å². The van der Waals surface area contributed by atoms with Crippen LogP contribution in [0.3, 0.4) is 0 Å². The molecule has 0 aliphatic rings. The van der Waals surface area contributed by atoms with Crippen molar-refractivity contribution in [3.63, 3.8) is 0 Å². The third kappa shape index (κ3) is 5.62. The zero-order chi connectivity index (χ0) is 15.8. The first-order valence-electron chi connectivity index (χ1n) is 6.31. The molecule has 1 amide bonds. The van der Waals surface area contributed by atoms with E-state index in [0.29, 0.717) is 25.5 Å². The molecule has 0 radical (unpaired) electrons. The summed E-state index contributed by atoms with van der Waals surface area (Å²) in [6.45, 7) is 1.61. The van der Waals surface area contributed by atoms with Crippen LogP contribution in [0.5, 0.6) is 0 Å². The van der Waals surface area contributed by atoms with E-state index in [2.05, 4.69) is 4.98 Å². The number of nitrogens with zero attached hydrogens (tertiary/aromatic N) is 4. The number of primary amides is 1. The van der Waals surface area contributed by atoms with Gasteiger partial charge in [0.25, 0.3) is 0 Å². The van der Waals surface area contributed by atoms with Crippen LogP contribution in [0.4, 0.5) is 15.0 Å². The first-order chi connectivity index (χ1) is 9.93. The number of halogens is 1. The second kappa shape index (κ2) is 8.01. The number of likely N-dealkylation sites (N-methyl/N-ethyl adjacent to an activating group) is 1. The Bertz CT molecular complexity index is 530. The summed E-state index contributed by atoms with van der Waals surface area (Å²) < 4.78 is 17.8. The van der Waals surface area contributed by atoms with E-state index in [-0.39, 0.29) is 12.2 Å². The summed E-state index contributed by atoms with van der Waals surface area (Å²) in [6.07, 6.45) is 0.184. The highest BCUT2D eigenvalue weighted by molar-refractivity contribution is 5.64. The van der Waals surface area contributed by atoms with E-state index in [1.54, 1.807) is 4.90 Å². The Morgan fingerprint density at radius 2 is 2.19 bits per heavy atom. The molecule has 1 rings (SSSR count). The second-order valence-corrected chi connectivity index (χ2v) is 4.59. The molecule has 21 heavy (non-hydrogen) atoms. The maximum absolute atomic E-state index is 13.1. The van der Waals surface area contributed by atoms with Crippen molar-refractivity contribution in [1.82, 2.24) is 9.88 Å². The molecule has 0 aliphatic carbocycles. The zero-order valence-electron chi connectivity index (χ0n) is 12.0. The fourth-order valence-electron chi connectivity index (χ4n) is 1.67. The van der Waals surface area contributed by atoms with E-state index in [4.69, 9.17) is 15.7 Å². The van der Waals surface area contributed by atoms with Gasteiger partial charge < -0.3 is 20.3 Å². The lowest BCUT2D eigenvalue weighted by Crippen LogP contribution is -2.36. The number of rotatable bonds is 7. The Hall–Kier alpha value is -2.40. The second-order valence-electron chi connectivity index (χ2n) is 4.59. The Morgan fingerprint density at radius 3 is 2.76 bits per heavy atom. The van der Waals surface area contributed by atoms with Gasteiger partial charge in [-0.1, -0.05) is 0 Å². The predicted octanol–water partition coefficient (Wildman–Crippen LogP) is 0.556. The SMILES string of the molecule is CN(C)CCN(CCOC(N)=O)c1ncc(F)cc1C#N. The van der Waals surface area contributed by atoms with Crippen LogP contribution in [-0.4, -0.2) is 56.3 Å². The predicted molar refractivity (Wildman–Crippen MR) is 75.2 cm³/mol.